The number of nitrogens with two attached hydrogens (primary N) is 1. The fourth-order valence-corrected chi connectivity index (χ4v) is 1.05. The van der Waals surface area contributed by atoms with Gasteiger partial charge in [0.1, 0.15) is 0 Å². The van der Waals surface area contributed by atoms with Crippen LogP contribution in [0.2, 0.25) is 13.1 Å². The molecular weight excluding hydrogens is 102 g/mol. The van der Waals surface area contributed by atoms with Crippen molar-refractivity contribution in [3.63, 3.8) is 0 Å². The largest absolute Gasteiger partial charge is 0.327 e. The van der Waals surface area contributed by atoms with Crippen LogP contribution in [0.5, 0.6) is 0 Å². The Morgan fingerprint density at radius 1 is 1.57 bits per heavy atom. The predicted molar refractivity (Wildman–Crippen MR) is 37.1 cm³/mol. The number of hydrogen-bond acceptors (Lipinski definition) is 1. The maximum atomic E-state index is 5.21. The van der Waals surface area contributed by atoms with Gasteiger partial charge in [-0.15, -0.1) is 5.70 Å². The van der Waals surface area contributed by atoms with Crippen molar-refractivity contribution in [2.45, 2.75) is 13.1 Å². The van der Waals surface area contributed by atoms with Gasteiger partial charge in [0.05, 0.1) is 8.80 Å². The smallest absolute Gasteiger partial charge is 0.0550 e. The van der Waals surface area contributed by atoms with E-state index in [4.69, 9.17) is 5.73 Å². The summed E-state index contributed by atoms with van der Waals surface area (Å²) < 4.78 is 0. The minimum Gasteiger partial charge on any atom is -0.327 e. The zero-order chi connectivity index (χ0) is 5.70. The summed E-state index contributed by atoms with van der Waals surface area (Å²) in [6.07, 6.45) is 2.04. The molecule has 7 heavy (non-hydrogen) atoms. The van der Waals surface area contributed by atoms with Gasteiger partial charge in [-0.25, -0.2) is 0 Å². The van der Waals surface area contributed by atoms with E-state index in [1.807, 2.05) is 6.08 Å². The zero-order valence-electron chi connectivity index (χ0n) is 5.02. The first kappa shape index (κ1) is 6.92. The molecule has 0 aliphatic heterocycles. The molecular formula is C5H13NSi. The summed E-state index contributed by atoms with van der Waals surface area (Å²) in [4.78, 5) is 0. The molecule has 0 aliphatic rings. The van der Waals surface area contributed by atoms with Gasteiger partial charge >= 0.3 is 0 Å². The van der Waals surface area contributed by atoms with Crippen LogP contribution in [0.25, 0.3) is 0 Å². The Bertz CT molecular complexity index is 59.1. The summed E-state index contributed by atoms with van der Waals surface area (Å²) >= 11 is 0. The monoisotopic (exact) mass is 115 g/mol. The summed E-state index contributed by atoms with van der Waals surface area (Å²) in [6, 6.07) is 0. The van der Waals surface area contributed by atoms with Crippen molar-refractivity contribution in [2.75, 3.05) is 6.54 Å². The molecule has 0 fully saturated rings. The van der Waals surface area contributed by atoms with Crippen molar-refractivity contribution in [1.82, 2.24) is 0 Å². The van der Waals surface area contributed by atoms with Crippen molar-refractivity contribution < 1.29 is 0 Å². The standard InChI is InChI=1S/C5H13NSi/c1-7(2)5-3-4-6/h3,5,7H,4,6H2,1-2H3. The van der Waals surface area contributed by atoms with Gasteiger partial charge in [0.15, 0.2) is 0 Å². The highest BCUT2D eigenvalue weighted by Gasteiger charge is 1.81. The molecule has 2 N–H and O–H groups in total. The molecule has 1 nitrogen and oxygen atoms in total. The second-order valence-corrected chi connectivity index (χ2v) is 4.78. The molecule has 42 valence electrons. The topological polar surface area (TPSA) is 26.0 Å². The van der Waals surface area contributed by atoms with Crippen LogP contribution in [0.4, 0.5) is 0 Å². The summed E-state index contributed by atoms with van der Waals surface area (Å²) in [5, 5.41) is 0. The molecule has 0 saturated heterocycles. The van der Waals surface area contributed by atoms with E-state index in [1.165, 1.54) is 0 Å². The first-order chi connectivity index (χ1) is 3.27. The van der Waals surface area contributed by atoms with Crippen LogP contribution in [0.1, 0.15) is 0 Å². The molecule has 0 aromatic rings. The summed E-state index contributed by atoms with van der Waals surface area (Å²) in [5.41, 5.74) is 7.45. The van der Waals surface area contributed by atoms with Gasteiger partial charge < -0.3 is 5.73 Å². The first-order valence-electron chi connectivity index (χ1n) is 2.64. The van der Waals surface area contributed by atoms with E-state index in [-0.39, 0.29) is 0 Å². The average Bonchev–Trinajstić information content (AvgIpc) is 1.61. The van der Waals surface area contributed by atoms with Gasteiger partial charge in [-0.05, 0) is 0 Å². The van der Waals surface area contributed by atoms with E-state index >= 15 is 0 Å². The van der Waals surface area contributed by atoms with Crippen molar-refractivity contribution in [3.05, 3.63) is 11.8 Å². The highest BCUT2D eigenvalue weighted by atomic mass is 28.3. The second kappa shape index (κ2) is 4.09. The van der Waals surface area contributed by atoms with Crippen LogP contribution >= 0.6 is 0 Å². The van der Waals surface area contributed by atoms with E-state index in [2.05, 4.69) is 18.8 Å². The Labute approximate surface area is 46.8 Å². The first-order valence-corrected chi connectivity index (χ1v) is 5.61. The maximum Gasteiger partial charge on any atom is 0.0550 e. The van der Waals surface area contributed by atoms with Crippen LogP contribution in [0, 0.1) is 0 Å². The molecule has 0 heterocycles. The Morgan fingerprint density at radius 2 is 2.14 bits per heavy atom. The lowest BCUT2D eigenvalue weighted by Gasteiger charge is -1.86. The molecule has 0 saturated carbocycles. The van der Waals surface area contributed by atoms with Gasteiger partial charge in [-0.1, -0.05) is 19.2 Å². The van der Waals surface area contributed by atoms with Crippen LogP contribution in [0.3, 0.4) is 0 Å². The normalized spacial score (nSPS) is 11.4. The van der Waals surface area contributed by atoms with Gasteiger partial charge in [-0.2, -0.15) is 0 Å². The fourth-order valence-electron chi connectivity index (χ4n) is 0.351. The molecule has 0 atom stereocenters. The van der Waals surface area contributed by atoms with Crippen molar-refractivity contribution in [2.24, 2.45) is 5.73 Å². The molecule has 0 aromatic heterocycles. The molecule has 0 amide bonds. The third kappa shape index (κ3) is 5.92. The minimum absolute atomic E-state index is 0.449. The molecule has 0 unspecified atom stereocenters. The summed E-state index contributed by atoms with van der Waals surface area (Å²) in [6.45, 7) is 5.24. The second-order valence-electron chi connectivity index (χ2n) is 1.91. The third-order valence-corrected chi connectivity index (χ3v) is 1.70. The molecule has 0 spiro atoms. The summed E-state index contributed by atoms with van der Waals surface area (Å²) in [5.74, 6) is 0. The third-order valence-electron chi connectivity index (χ3n) is 0.657. The lowest BCUT2D eigenvalue weighted by molar-refractivity contribution is 1.26. The lowest BCUT2D eigenvalue weighted by Crippen LogP contribution is -1.97. The lowest BCUT2D eigenvalue weighted by atomic mass is 10.7. The van der Waals surface area contributed by atoms with Crippen molar-refractivity contribution in [1.29, 1.82) is 0 Å². The zero-order valence-corrected chi connectivity index (χ0v) is 6.17. The quantitative estimate of drug-likeness (QED) is 0.522. The Morgan fingerprint density at radius 3 is 2.29 bits per heavy atom. The van der Waals surface area contributed by atoms with Gasteiger partial charge in [0.2, 0.25) is 0 Å². The highest BCUT2D eigenvalue weighted by molar-refractivity contribution is 6.61. The molecule has 0 radical (unpaired) electrons. The van der Waals surface area contributed by atoms with E-state index < -0.39 is 8.80 Å². The minimum atomic E-state index is -0.449. The SMILES string of the molecule is C[SiH](C)C=CCN. The van der Waals surface area contributed by atoms with Crippen LogP contribution < -0.4 is 5.73 Å². The molecule has 2 heteroatoms. The Balaban J connectivity index is 3.08. The maximum absolute atomic E-state index is 5.21. The number of hydrogen-bond donors (Lipinski definition) is 1. The van der Waals surface area contributed by atoms with Gasteiger partial charge in [0.25, 0.3) is 0 Å². The van der Waals surface area contributed by atoms with E-state index in [9.17, 15) is 0 Å². The van der Waals surface area contributed by atoms with E-state index in [0.717, 1.165) is 0 Å². The molecule has 0 rings (SSSR count). The van der Waals surface area contributed by atoms with E-state index in [0.29, 0.717) is 6.54 Å². The van der Waals surface area contributed by atoms with Gasteiger partial charge in [-0.3, -0.25) is 0 Å². The van der Waals surface area contributed by atoms with Crippen molar-refractivity contribution >= 4 is 8.80 Å². The predicted octanol–water partition coefficient (Wildman–Crippen LogP) is 0.527. The van der Waals surface area contributed by atoms with Crippen LogP contribution in [-0.4, -0.2) is 15.3 Å². The molecule has 0 aromatic carbocycles. The van der Waals surface area contributed by atoms with Crippen molar-refractivity contribution in [3.8, 4) is 0 Å². The fraction of sp³-hybridized carbons (Fsp3) is 0.600. The average molecular weight is 115 g/mol. The molecule has 0 aliphatic carbocycles. The Hall–Kier alpha value is -0.0831. The number of rotatable bonds is 2. The highest BCUT2D eigenvalue weighted by Crippen LogP contribution is 1.78. The Kier molecular flexibility index (Phi) is 4.04. The van der Waals surface area contributed by atoms with Crippen LogP contribution in [0.15, 0.2) is 11.8 Å². The molecule has 0 bridgehead atoms. The van der Waals surface area contributed by atoms with Crippen LogP contribution in [-0.2, 0) is 0 Å². The van der Waals surface area contributed by atoms with Gasteiger partial charge in [0, 0.05) is 6.54 Å². The van der Waals surface area contributed by atoms with E-state index in [1.54, 1.807) is 0 Å². The summed E-state index contributed by atoms with van der Waals surface area (Å²) in [7, 11) is -0.449.